The highest BCUT2D eigenvalue weighted by atomic mass is 16.5. The molecule has 534 valence electrons. The molecule has 8 aromatic heterocycles. The van der Waals surface area contributed by atoms with Crippen molar-refractivity contribution in [1.82, 2.24) is 58.9 Å². The second-order valence-corrected chi connectivity index (χ2v) is 23.3. The Morgan fingerprint density at radius 2 is 0.673 bits per heavy atom. The maximum Gasteiger partial charge on any atom is 0.335 e. The van der Waals surface area contributed by atoms with E-state index in [1.807, 2.05) is 162 Å². The van der Waals surface area contributed by atoms with Crippen molar-refractivity contribution in [1.29, 1.82) is 0 Å². The molecule has 0 saturated heterocycles. The molecule has 7 aromatic carbocycles. The van der Waals surface area contributed by atoms with Crippen molar-refractivity contribution in [2.75, 3.05) is 13.2 Å². The highest BCUT2D eigenvalue weighted by Crippen LogP contribution is 2.29. The van der Waals surface area contributed by atoms with Gasteiger partial charge in [-0.25, -0.2) is 57.3 Å². The van der Waals surface area contributed by atoms with Crippen molar-refractivity contribution >= 4 is 29.8 Å². The van der Waals surface area contributed by atoms with Gasteiger partial charge in [-0.1, -0.05) is 72.8 Å². The summed E-state index contributed by atoms with van der Waals surface area (Å²) in [7, 11) is 0. The van der Waals surface area contributed by atoms with Gasteiger partial charge in [0.15, 0.2) is 11.6 Å². The largest absolute Gasteiger partial charge is 0.494 e. The van der Waals surface area contributed by atoms with Crippen LogP contribution >= 0.6 is 0 Å². The number of hydrogen-bond acceptors (Lipinski definition) is 15. The number of aromatic nitrogens is 12. The van der Waals surface area contributed by atoms with Gasteiger partial charge in [0.05, 0.1) is 89.7 Å². The molecule has 25 nitrogen and oxygen atoms in total. The minimum atomic E-state index is -0.941. The first-order valence-corrected chi connectivity index (χ1v) is 33.1. The molecule has 0 bridgehead atoms. The van der Waals surface area contributed by atoms with E-state index < -0.39 is 29.8 Å². The SMILES string of the molecule is CCOc1ccc(-n2cc(-c3ccc(C(=O)O)cc3)cn2)cc1.CCOc1ccc(-n2cc(-c3cccc(C(=O)O)c3)cn2)cc1.Cc1coc(C)c1-n1cc(-c2cccc(C(=O)O)c2)cn1.O=C(O)c1ccc(-c2cnn(-c3ccccn3)c2)cc1.O=C(O)c1cccc(-c2cnn(-c3ccccn3)c2)c1. The predicted octanol–water partition coefficient (Wildman–Crippen LogP) is 16.0. The van der Waals surface area contributed by atoms with E-state index in [2.05, 4.69) is 35.5 Å². The molecule has 0 aliphatic heterocycles. The Morgan fingerprint density at radius 1 is 0.346 bits per heavy atom. The summed E-state index contributed by atoms with van der Waals surface area (Å²) in [4.78, 5) is 63.2. The molecule has 15 rings (SSSR count). The van der Waals surface area contributed by atoms with E-state index in [0.717, 1.165) is 101 Å². The van der Waals surface area contributed by atoms with Crippen LogP contribution in [0.1, 0.15) is 77.0 Å². The number of pyridine rings is 2. The summed E-state index contributed by atoms with van der Waals surface area (Å²) in [5.74, 6) is -0.788. The summed E-state index contributed by atoms with van der Waals surface area (Å²) in [6, 6.07) is 60.3. The lowest BCUT2D eigenvalue weighted by molar-refractivity contribution is 0.0686. The smallest absolute Gasteiger partial charge is 0.335 e. The number of rotatable bonds is 19. The fraction of sp³-hybridized carbons (Fsp3) is 0.0732. The fourth-order valence-electron chi connectivity index (χ4n) is 10.7. The minimum absolute atomic E-state index is 0.257. The molecule has 0 unspecified atom stereocenters. The number of aryl methyl sites for hydroxylation is 2. The first kappa shape index (κ1) is 73.3. The van der Waals surface area contributed by atoms with Crippen LogP contribution in [0.2, 0.25) is 0 Å². The second kappa shape index (κ2) is 34.7. The van der Waals surface area contributed by atoms with E-state index in [1.54, 1.807) is 176 Å². The molecule has 15 aromatic rings. The molecular weight excluding hydrogens is 1360 g/mol. The molecule has 0 spiro atoms. The Labute approximate surface area is 612 Å². The van der Waals surface area contributed by atoms with Crippen molar-refractivity contribution in [2.45, 2.75) is 27.7 Å². The van der Waals surface area contributed by atoms with Crippen LogP contribution in [0.3, 0.4) is 0 Å². The number of carboxylic acid groups (broad SMARTS) is 5. The summed E-state index contributed by atoms with van der Waals surface area (Å²) in [5.41, 5.74) is 13.8. The zero-order chi connectivity index (χ0) is 75.3. The third kappa shape index (κ3) is 19.0. The molecule has 5 N–H and O–H groups in total. The first-order valence-electron chi connectivity index (χ1n) is 33.1. The van der Waals surface area contributed by atoms with E-state index in [4.69, 9.17) is 39.4 Å². The number of carboxylic acids is 5. The molecule has 0 atom stereocenters. The molecule has 8 heterocycles. The standard InChI is InChI=1S/2C18H16N2O3.C16H14N2O3.2C15H11N3O2/c1-2-23-17-9-7-16(8-10-17)20-12-15(11-19-20)13-3-5-14(6-4-13)18(21)22;1-2-23-17-8-6-16(7-9-17)20-12-15(11-19-20)13-4-3-5-14(10-13)18(21)22;1-10-9-21-11(2)15(10)18-8-14(7-17-18)12-4-3-5-13(6-12)16(19)20;19-15(20)12-5-3-4-11(8-12)13-9-17-18(10-13)14-6-1-2-7-16-14;19-15(20)12-6-4-11(5-7-12)13-9-17-18(10-13)14-3-1-2-8-16-14/h2*3-12H,2H2,1H3,(H,21,22);3-9H,1-2H3,(H,19,20);2*1-10H,(H,19,20). The number of aromatic carboxylic acids is 5. The Morgan fingerprint density at radius 3 is 0.991 bits per heavy atom. The van der Waals surface area contributed by atoms with Crippen molar-refractivity contribution < 1.29 is 63.4 Å². The number of benzene rings is 7. The summed E-state index contributed by atoms with van der Waals surface area (Å²) in [6.45, 7) is 9.00. The van der Waals surface area contributed by atoms with Gasteiger partial charge >= 0.3 is 29.8 Å². The molecule has 0 fully saturated rings. The molecular formula is C82H68N12O13. The summed E-state index contributed by atoms with van der Waals surface area (Å²) in [5, 5.41) is 66.5. The van der Waals surface area contributed by atoms with Crippen LogP contribution in [0.4, 0.5) is 0 Å². The van der Waals surface area contributed by atoms with Gasteiger partial charge in [-0.3, -0.25) is 0 Å². The van der Waals surface area contributed by atoms with Crippen LogP contribution in [-0.2, 0) is 0 Å². The van der Waals surface area contributed by atoms with Gasteiger partial charge in [-0.05, 0) is 189 Å². The second-order valence-electron chi connectivity index (χ2n) is 23.3. The zero-order valence-corrected chi connectivity index (χ0v) is 57.9. The van der Waals surface area contributed by atoms with Crippen LogP contribution < -0.4 is 9.47 Å². The number of carbonyl (C=O) groups is 5. The van der Waals surface area contributed by atoms with Crippen LogP contribution in [0, 0.1) is 13.8 Å². The van der Waals surface area contributed by atoms with Crippen LogP contribution in [0.25, 0.3) is 84.3 Å². The lowest BCUT2D eigenvalue weighted by atomic mass is 10.1. The molecule has 25 heteroatoms. The normalized spacial score (nSPS) is 10.5. The average Bonchev–Trinajstić information content (AvgIpc) is 1.67. The van der Waals surface area contributed by atoms with Gasteiger partial charge < -0.3 is 39.4 Å². The first-order chi connectivity index (χ1) is 51.9. The third-order valence-electron chi connectivity index (χ3n) is 16.1. The number of nitrogens with zero attached hydrogens (tertiary/aromatic N) is 12. The van der Waals surface area contributed by atoms with E-state index in [9.17, 15) is 24.0 Å². The average molecular weight is 1430 g/mol. The van der Waals surface area contributed by atoms with E-state index >= 15 is 0 Å². The van der Waals surface area contributed by atoms with Gasteiger partial charge in [-0.2, -0.15) is 25.5 Å². The number of hydrogen-bond donors (Lipinski definition) is 5. The van der Waals surface area contributed by atoms with E-state index in [0.29, 0.717) is 19.0 Å². The van der Waals surface area contributed by atoms with E-state index in [-0.39, 0.29) is 27.8 Å². The summed E-state index contributed by atoms with van der Waals surface area (Å²) < 4.78 is 24.8. The predicted molar refractivity (Wildman–Crippen MR) is 399 cm³/mol. The lowest BCUT2D eigenvalue weighted by Crippen LogP contribution is -1.96. The number of furan rings is 1. The maximum atomic E-state index is 11.1. The quantitative estimate of drug-likeness (QED) is 0.0502. The zero-order valence-electron chi connectivity index (χ0n) is 57.9. The van der Waals surface area contributed by atoms with Crippen LogP contribution in [-0.4, -0.2) is 127 Å². The summed E-state index contributed by atoms with van der Waals surface area (Å²) >= 11 is 0. The Hall–Kier alpha value is -14.9. The molecule has 107 heavy (non-hydrogen) atoms. The molecule has 0 aliphatic carbocycles. The Bertz CT molecular complexity index is 5490. The van der Waals surface area contributed by atoms with Crippen LogP contribution in [0.5, 0.6) is 11.5 Å². The van der Waals surface area contributed by atoms with Crippen molar-refractivity contribution in [3.05, 3.63) is 326 Å². The highest BCUT2D eigenvalue weighted by molar-refractivity contribution is 5.91. The minimum Gasteiger partial charge on any atom is -0.494 e. The molecule has 0 saturated carbocycles. The van der Waals surface area contributed by atoms with E-state index in [1.165, 1.54) is 0 Å². The van der Waals surface area contributed by atoms with Crippen molar-refractivity contribution in [2.24, 2.45) is 0 Å². The van der Waals surface area contributed by atoms with Crippen molar-refractivity contribution in [3.63, 3.8) is 0 Å². The molecule has 0 radical (unpaired) electrons. The van der Waals surface area contributed by atoms with Gasteiger partial charge in [0, 0.05) is 76.8 Å². The van der Waals surface area contributed by atoms with Gasteiger partial charge in [0.25, 0.3) is 0 Å². The van der Waals surface area contributed by atoms with Gasteiger partial charge in [-0.15, -0.1) is 0 Å². The Balaban J connectivity index is 0.000000133. The van der Waals surface area contributed by atoms with Gasteiger partial charge in [0.2, 0.25) is 0 Å². The Kier molecular flexibility index (Phi) is 23.8. The number of ether oxygens (including phenoxy) is 2. The highest BCUT2D eigenvalue weighted by Gasteiger charge is 2.15. The monoisotopic (exact) mass is 1430 g/mol. The van der Waals surface area contributed by atoms with Gasteiger partial charge in [0.1, 0.15) is 22.9 Å². The summed E-state index contributed by atoms with van der Waals surface area (Å²) in [6.07, 6.45) is 23.0. The third-order valence-corrected chi connectivity index (χ3v) is 16.1. The molecule has 0 amide bonds. The molecule has 0 aliphatic rings. The maximum absolute atomic E-state index is 11.1. The van der Waals surface area contributed by atoms with Crippen molar-refractivity contribution in [3.8, 4) is 95.8 Å². The lowest BCUT2D eigenvalue weighted by Gasteiger charge is -2.05. The fourth-order valence-corrected chi connectivity index (χ4v) is 10.7. The van der Waals surface area contributed by atoms with Crippen LogP contribution in [0.15, 0.2) is 291 Å². The topological polar surface area (TPSA) is 333 Å².